The van der Waals surface area contributed by atoms with Crippen molar-refractivity contribution in [1.82, 2.24) is 0 Å². The first-order valence-electron chi connectivity index (χ1n) is 10.6. The Balaban J connectivity index is 2.16. The van der Waals surface area contributed by atoms with Gasteiger partial charge in [0.2, 0.25) is 0 Å². The maximum absolute atomic E-state index is 5.02. The van der Waals surface area contributed by atoms with Crippen molar-refractivity contribution in [2.24, 2.45) is 4.99 Å². The number of unbranched alkanes of at least 4 members (excludes halogenated alkanes) is 5. The van der Waals surface area contributed by atoms with E-state index in [0.717, 1.165) is 12.3 Å². The summed E-state index contributed by atoms with van der Waals surface area (Å²) in [4.78, 5) is 9.28. The fourth-order valence-electron chi connectivity index (χ4n) is 3.27. The van der Waals surface area contributed by atoms with Crippen LogP contribution in [-0.2, 0) is 0 Å². The second-order valence-electron chi connectivity index (χ2n) is 7.88. The van der Waals surface area contributed by atoms with E-state index in [1.165, 1.54) is 61.0 Å². The summed E-state index contributed by atoms with van der Waals surface area (Å²) in [5, 5.41) is 0. The lowest BCUT2D eigenvalue weighted by molar-refractivity contribution is 0.612. The van der Waals surface area contributed by atoms with E-state index >= 15 is 0 Å². The maximum Gasteiger partial charge on any atom is 0.0718 e. The van der Waals surface area contributed by atoms with Crippen molar-refractivity contribution < 1.29 is 0 Å². The van der Waals surface area contributed by atoms with Gasteiger partial charge in [0.1, 0.15) is 0 Å². The molecule has 0 atom stereocenters. The molecule has 0 unspecified atom stereocenters. The largest absolute Gasteiger partial charge is 0.378 e. The predicted molar refractivity (Wildman–Crippen MR) is 125 cm³/mol. The third-order valence-corrected chi connectivity index (χ3v) is 5.10. The van der Waals surface area contributed by atoms with Gasteiger partial charge in [0.15, 0.2) is 0 Å². The first-order chi connectivity index (χ1) is 13.5. The molecule has 3 heteroatoms. The number of hydrogen-bond acceptors (Lipinski definition) is 3. The quantitative estimate of drug-likeness (QED) is 0.351. The van der Waals surface area contributed by atoms with Gasteiger partial charge < -0.3 is 9.80 Å². The second-order valence-corrected chi connectivity index (χ2v) is 7.88. The molecule has 0 radical (unpaired) electrons. The molecular formula is C25H37N3. The van der Waals surface area contributed by atoms with Gasteiger partial charge in [-0.3, -0.25) is 4.99 Å². The smallest absolute Gasteiger partial charge is 0.0718 e. The standard InChI is InChI=1S/C25H37N3/c1-6-7-8-9-10-11-20-26-25(21-12-16-23(17-13-21)27(2)3)22-14-18-24(19-15-22)28(4)5/h12-19H,6-11,20H2,1-5H3. The van der Waals surface area contributed by atoms with Crippen LogP contribution >= 0.6 is 0 Å². The highest BCUT2D eigenvalue weighted by Gasteiger charge is 2.08. The number of nitrogens with zero attached hydrogens (tertiary/aromatic N) is 3. The lowest BCUT2D eigenvalue weighted by Crippen LogP contribution is -2.11. The molecule has 0 heterocycles. The van der Waals surface area contributed by atoms with Crippen molar-refractivity contribution in [3.8, 4) is 0 Å². The van der Waals surface area contributed by atoms with Crippen LogP contribution in [0, 0.1) is 0 Å². The van der Waals surface area contributed by atoms with Crippen LogP contribution < -0.4 is 9.80 Å². The number of anilines is 2. The molecule has 0 saturated heterocycles. The van der Waals surface area contributed by atoms with Crippen LogP contribution in [-0.4, -0.2) is 40.4 Å². The van der Waals surface area contributed by atoms with Gasteiger partial charge in [0, 0.05) is 57.2 Å². The van der Waals surface area contributed by atoms with Crippen LogP contribution in [0.5, 0.6) is 0 Å². The molecule has 0 amide bonds. The topological polar surface area (TPSA) is 18.8 Å². The number of rotatable bonds is 11. The van der Waals surface area contributed by atoms with Gasteiger partial charge in [-0.2, -0.15) is 0 Å². The highest BCUT2D eigenvalue weighted by molar-refractivity contribution is 6.13. The van der Waals surface area contributed by atoms with Gasteiger partial charge in [-0.25, -0.2) is 0 Å². The molecule has 2 aromatic carbocycles. The zero-order chi connectivity index (χ0) is 20.4. The van der Waals surface area contributed by atoms with E-state index < -0.39 is 0 Å². The molecule has 28 heavy (non-hydrogen) atoms. The summed E-state index contributed by atoms with van der Waals surface area (Å²) in [6, 6.07) is 17.4. The van der Waals surface area contributed by atoms with E-state index in [4.69, 9.17) is 4.99 Å². The first-order valence-corrected chi connectivity index (χ1v) is 10.6. The Morgan fingerprint density at radius 2 is 1.07 bits per heavy atom. The SMILES string of the molecule is CCCCCCCCN=C(c1ccc(N(C)C)cc1)c1ccc(N(C)C)cc1. The van der Waals surface area contributed by atoms with Gasteiger partial charge in [0.25, 0.3) is 0 Å². The van der Waals surface area contributed by atoms with Crippen LogP contribution in [0.3, 0.4) is 0 Å². The van der Waals surface area contributed by atoms with Crippen LogP contribution in [0.25, 0.3) is 0 Å². The molecule has 0 aromatic heterocycles. The summed E-state index contributed by atoms with van der Waals surface area (Å²) in [5.41, 5.74) is 5.90. The molecule has 2 aromatic rings. The Bertz CT molecular complexity index is 659. The highest BCUT2D eigenvalue weighted by atomic mass is 15.1. The zero-order valence-corrected chi connectivity index (χ0v) is 18.4. The molecule has 2 rings (SSSR count). The Kier molecular flexibility index (Phi) is 9.06. The van der Waals surface area contributed by atoms with Crippen LogP contribution in [0.4, 0.5) is 11.4 Å². The molecule has 0 fully saturated rings. The normalized spacial score (nSPS) is 10.6. The molecule has 0 aliphatic rings. The molecule has 0 spiro atoms. The molecule has 0 N–H and O–H groups in total. The lowest BCUT2D eigenvalue weighted by Gasteiger charge is -2.15. The molecule has 152 valence electrons. The minimum atomic E-state index is 0.895. The third-order valence-electron chi connectivity index (χ3n) is 5.10. The van der Waals surface area contributed by atoms with Crippen molar-refractivity contribution in [2.75, 3.05) is 44.5 Å². The predicted octanol–water partition coefficient (Wildman–Crippen LogP) is 6.02. The fourth-order valence-corrected chi connectivity index (χ4v) is 3.27. The number of aliphatic imine (C=N–C) groups is 1. The summed E-state index contributed by atoms with van der Waals surface area (Å²) in [6.45, 7) is 3.16. The van der Waals surface area contributed by atoms with Crippen molar-refractivity contribution >= 4 is 17.1 Å². The van der Waals surface area contributed by atoms with Crippen molar-refractivity contribution in [2.45, 2.75) is 45.4 Å². The van der Waals surface area contributed by atoms with Gasteiger partial charge in [-0.1, -0.05) is 63.3 Å². The molecule has 0 saturated carbocycles. The van der Waals surface area contributed by atoms with Gasteiger partial charge in [0.05, 0.1) is 5.71 Å². The summed E-state index contributed by atoms with van der Waals surface area (Å²) in [7, 11) is 8.29. The van der Waals surface area contributed by atoms with E-state index in [1.54, 1.807) is 0 Å². The van der Waals surface area contributed by atoms with E-state index in [1.807, 2.05) is 0 Å². The number of benzene rings is 2. The summed E-state index contributed by atoms with van der Waals surface area (Å²) < 4.78 is 0. The average molecular weight is 380 g/mol. The van der Waals surface area contributed by atoms with Gasteiger partial charge >= 0.3 is 0 Å². The first kappa shape index (κ1) is 22.0. The highest BCUT2D eigenvalue weighted by Crippen LogP contribution is 2.19. The van der Waals surface area contributed by atoms with Crippen LogP contribution in [0.2, 0.25) is 0 Å². The molecular weight excluding hydrogens is 342 g/mol. The average Bonchev–Trinajstić information content (AvgIpc) is 2.70. The summed E-state index contributed by atoms with van der Waals surface area (Å²) >= 11 is 0. The minimum Gasteiger partial charge on any atom is -0.378 e. The zero-order valence-electron chi connectivity index (χ0n) is 18.4. The second kappa shape index (κ2) is 11.5. The maximum atomic E-state index is 5.02. The van der Waals surface area contributed by atoms with Crippen LogP contribution in [0.1, 0.15) is 56.6 Å². The van der Waals surface area contributed by atoms with Crippen LogP contribution in [0.15, 0.2) is 53.5 Å². The monoisotopic (exact) mass is 379 g/mol. The fraction of sp³-hybridized carbons (Fsp3) is 0.480. The van der Waals surface area contributed by atoms with Crippen molar-refractivity contribution in [3.05, 3.63) is 59.7 Å². The Morgan fingerprint density at radius 1 is 0.643 bits per heavy atom. The van der Waals surface area contributed by atoms with E-state index in [0.29, 0.717) is 0 Å². The summed E-state index contributed by atoms with van der Waals surface area (Å²) in [6.07, 6.45) is 7.77. The molecule has 3 nitrogen and oxygen atoms in total. The van der Waals surface area contributed by atoms with E-state index in [9.17, 15) is 0 Å². The van der Waals surface area contributed by atoms with Gasteiger partial charge in [-0.15, -0.1) is 0 Å². The van der Waals surface area contributed by atoms with Gasteiger partial charge in [-0.05, 0) is 30.7 Å². The third kappa shape index (κ3) is 6.70. The van der Waals surface area contributed by atoms with E-state index in [2.05, 4.69) is 93.4 Å². The summed E-state index contributed by atoms with van der Waals surface area (Å²) in [5.74, 6) is 0. The molecule has 0 bridgehead atoms. The Labute approximate surface area is 172 Å². The lowest BCUT2D eigenvalue weighted by atomic mass is 10.0. The molecule has 0 aliphatic heterocycles. The Morgan fingerprint density at radius 3 is 1.50 bits per heavy atom. The molecule has 0 aliphatic carbocycles. The Hall–Kier alpha value is -2.29. The van der Waals surface area contributed by atoms with Crippen molar-refractivity contribution in [3.63, 3.8) is 0 Å². The van der Waals surface area contributed by atoms with E-state index in [-0.39, 0.29) is 0 Å². The minimum absolute atomic E-state index is 0.895. The van der Waals surface area contributed by atoms with Crippen molar-refractivity contribution in [1.29, 1.82) is 0 Å². The number of hydrogen-bond donors (Lipinski definition) is 0.